The summed E-state index contributed by atoms with van der Waals surface area (Å²) in [7, 11) is 1.49. The lowest BCUT2D eigenvalue weighted by atomic mass is 10.1. The Bertz CT molecular complexity index is 736. The third kappa shape index (κ3) is 5.95. The molecule has 9 nitrogen and oxygen atoms in total. The molecule has 0 unspecified atom stereocenters. The highest BCUT2D eigenvalue weighted by Gasteiger charge is 2.24. The number of aliphatic hydroxyl groups is 2. The Morgan fingerprint density at radius 2 is 2.00 bits per heavy atom. The van der Waals surface area contributed by atoms with Crippen molar-refractivity contribution in [3.8, 4) is 0 Å². The van der Waals surface area contributed by atoms with Crippen LogP contribution in [0.5, 0.6) is 0 Å². The van der Waals surface area contributed by atoms with Gasteiger partial charge in [-0.05, 0) is 19.3 Å². The summed E-state index contributed by atoms with van der Waals surface area (Å²) in [5, 5.41) is 22.1. The smallest absolute Gasteiger partial charge is 0.225 e. The number of rotatable bonds is 13. The first-order valence-electron chi connectivity index (χ1n) is 9.91. The van der Waals surface area contributed by atoms with E-state index in [1.807, 2.05) is 0 Å². The van der Waals surface area contributed by atoms with Gasteiger partial charge in [0, 0.05) is 20.1 Å². The summed E-state index contributed by atoms with van der Waals surface area (Å²) in [6, 6.07) is 0. The molecule has 1 amide bonds. The SMILES string of the molecule is CCCCCCCC(=O)Nc1ncnc2c1ncn2[C@H](OC)[C@H](O)CCCO. The topological polar surface area (TPSA) is 122 Å². The molecule has 0 aliphatic carbocycles. The minimum Gasteiger partial charge on any atom is -0.396 e. The van der Waals surface area contributed by atoms with Crippen molar-refractivity contribution in [1.29, 1.82) is 0 Å². The third-order valence-electron chi connectivity index (χ3n) is 4.63. The molecule has 28 heavy (non-hydrogen) atoms. The van der Waals surface area contributed by atoms with E-state index >= 15 is 0 Å². The van der Waals surface area contributed by atoms with Crippen molar-refractivity contribution in [3.63, 3.8) is 0 Å². The van der Waals surface area contributed by atoms with Gasteiger partial charge in [0.25, 0.3) is 0 Å². The van der Waals surface area contributed by atoms with Gasteiger partial charge in [-0.15, -0.1) is 0 Å². The number of nitrogens with one attached hydrogen (secondary N) is 1. The molecule has 0 saturated carbocycles. The van der Waals surface area contributed by atoms with Gasteiger partial charge >= 0.3 is 0 Å². The first kappa shape index (κ1) is 22.2. The van der Waals surface area contributed by atoms with Gasteiger partial charge in [0.2, 0.25) is 5.91 Å². The fourth-order valence-electron chi connectivity index (χ4n) is 3.11. The van der Waals surface area contributed by atoms with Crippen molar-refractivity contribution in [2.45, 2.75) is 70.6 Å². The van der Waals surface area contributed by atoms with Crippen LogP contribution in [0.15, 0.2) is 12.7 Å². The first-order chi connectivity index (χ1) is 13.6. The van der Waals surface area contributed by atoms with Crippen molar-refractivity contribution in [2.75, 3.05) is 19.0 Å². The van der Waals surface area contributed by atoms with E-state index in [4.69, 9.17) is 9.84 Å². The number of carbonyl (C=O) groups is 1. The van der Waals surface area contributed by atoms with Crippen LogP contribution in [0.4, 0.5) is 5.82 Å². The number of imidazole rings is 1. The summed E-state index contributed by atoms with van der Waals surface area (Å²) in [4.78, 5) is 24.9. The lowest BCUT2D eigenvalue weighted by Gasteiger charge is -2.22. The number of anilines is 1. The van der Waals surface area contributed by atoms with Crippen LogP contribution in [0.25, 0.3) is 11.2 Å². The van der Waals surface area contributed by atoms with E-state index < -0.39 is 12.3 Å². The minimum absolute atomic E-state index is 0.00500. The molecule has 0 radical (unpaired) electrons. The number of aromatic nitrogens is 4. The van der Waals surface area contributed by atoms with Crippen LogP contribution in [0, 0.1) is 0 Å². The maximum atomic E-state index is 12.2. The van der Waals surface area contributed by atoms with E-state index in [1.165, 1.54) is 32.6 Å². The second-order valence-corrected chi connectivity index (χ2v) is 6.82. The fourth-order valence-corrected chi connectivity index (χ4v) is 3.11. The number of nitrogens with zero attached hydrogens (tertiary/aromatic N) is 4. The molecule has 0 aliphatic rings. The molecule has 156 valence electrons. The highest BCUT2D eigenvalue weighted by molar-refractivity contribution is 5.96. The van der Waals surface area contributed by atoms with Gasteiger partial charge in [-0.1, -0.05) is 32.6 Å². The van der Waals surface area contributed by atoms with E-state index in [-0.39, 0.29) is 12.5 Å². The number of ether oxygens (including phenoxy) is 1. The monoisotopic (exact) mass is 393 g/mol. The van der Waals surface area contributed by atoms with Gasteiger partial charge in [-0.2, -0.15) is 0 Å². The van der Waals surface area contributed by atoms with Crippen LogP contribution in [0.2, 0.25) is 0 Å². The van der Waals surface area contributed by atoms with Gasteiger partial charge in [-0.3, -0.25) is 9.36 Å². The van der Waals surface area contributed by atoms with Gasteiger partial charge in [-0.25, -0.2) is 15.0 Å². The number of hydrogen-bond donors (Lipinski definition) is 3. The van der Waals surface area contributed by atoms with Crippen molar-refractivity contribution < 1.29 is 19.7 Å². The lowest BCUT2D eigenvalue weighted by Crippen LogP contribution is -2.26. The Balaban J connectivity index is 2.08. The second kappa shape index (κ2) is 11.7. The van der Waals surface area contributed by atoms with Crippen LogP contribution in [0.3, 0.4) is 0 Å². The zero-order valence-corrected chi connectivity index (χ0v) is 16.7. The third-order valence-corrected chi connectivity index (χ3v) is 4.63. The Kier molecular flexibility index (Phi) is 9.26. The van der Waals surface area contributed by atoms with Crippen LogP contribution in [-0.4, -0.2) is 55.5 Å². The van der Waals surface area contributed by atoms with Gasteiger partial charge in [0.05, 0.1) is 12.4 Å². The van der Waals surface area contributed by atoms with Crippen LogP contribution < -0.4 is 5.32 Å². The van der Waals surface area contributed by atoms with E-state index in [2.05, 4.69) is 27.2 Å². The zero-order chi connectivity index (χ0) is 20.4. The standard InChI is InChI=1S/C19H31N5O4/c1-3-4-5-6-7-10-15(27)23-17-16-18(21-12-20-17)24(13-22-16)19(28-2)14(26)9-8-11-25/h12-14,19,25-26H,3-11H2,1-2H3,(H,20,21,23,27)/t14-,19-/m1/s1. The number of hydrogen-bond acceptors (Lipinski definition) is 7. The molecule has 2 heterocycles. The summed E-state index contributed by atoms with van der Waals surface area (Å²) in [6.07, 6.45) is 8.00. The van der Waals surface area contributed by atoms with Crippen molar-refractivity contribution in [1.82, 2.24) is 19.5 Å². The molecule has 2 aromatic rings. The highest BCUT2D eigenvalue weighted by atomic mass is 16.5. The predicted molar refractivity (Wildman–Crippen MR) is 106 cm³/mol. The van der Waals surface area contributed by atoms with Gasteiger partial charge in [0.15, 0.2) is 23.2 Å². The largest absolute Gasteiger partial charge is 0.396 e. The minimum atomic E-state index is -0.828. The normalized spacial score (nSPS) is 13.6. The molecular weight excluding hydrogens is 362 g/mol. The van der Waals surface area contributed by atoms with Crippen LogP contribution >= 0.6 is 0 Å². The Hall–Kier alpha value is -2.10. The number of amides is 1. The molecule has 2 atom stereocenters. The maximum absolute atomic E-state index is 12.2. The number of fused-ring (bicyclic) bond motifs is 1. The summed E-state index contributed by atoms with van der Waals surface area (Å²) >= 11 is 0. The average Bonchev–Trinajstić information content (AvgIpc) is 3.12. The van der Waals surface area contributed by atoms with E-state index in [0.717, 1.165) is 19.3 Å². The predicted octanol–water partition coefficient (Wildman–Crippen LogP) is 2.40. The van der Waals surface area contributed by atoms with Crippen molar-refractivity contribution >= 4 is 22.9 Å². The molecule has 0 fully saturated rings. The average molecular weight is 393 g/mol. The van der Waals surface area contributed by atoms with Crippen molar-refractivity contribution in [3.05, 3.63) is 12.7 Å². The molecule has 0 bridgehead atoms. The number of unbranched alkanes of at least 4 members (excludes halogenated alkanes) is 4. The second-order valence-electron chi connectivity index (χ2n) is 6.82. The van der Waals surface area contributed by atoms with E-state index in [9.17, 15) is 9.90 Å². The summed E-state index contributed by atoms with van der Waals surface area (Å²) < 4.78 is 7.02. The fraction of sp³-hybridized carbons (Fsp3) is 0.684. The molecule has 3 N–H and O–H groups in total. The molecule has 2 rings (SSSR count). The Morgan fingerprint density at radius 3 is 2.71 bits per heavy atom. The number of methoxy groups -OCH3 is 1. The van der Waals surface area contributed by atoms with Crippen LogP contribution in [0.1, 0.15) is 64.5 Å². The molecule has 0 aliphatic heterocycles. The number of aliphatic hydroxyl groups excluding tert-OH is 2. The van der Waals surface area contributed by atoms with E-state index in [0.29, 0.717) is 36.2 Å². The molecule has 0 aromatic carbocycles. The zero-order valence-electron chi connectivity index (χ0n) is 16.7. The molecule has 0 spiro atoms. The summed E-state index contributed by atoms with van der Waals surface area (Å²) in [5.74, 6) is 0.249. The lowest BCUT2D eigenvalue weighted by molar-refractivity contribution is -0.116. The van der Waals surface area contributed by atoms with Crippen molar-refractivity contribution in [2.24, 2.45) is 0 Å². The highest BCUT2D eigenvalue weighted by Crippen LogP contribution is 2.24. The van der Waals surface area contributed by atoms with Gasteiger partial charge < -0.3 is 20.3 Å². The molecular formula is C19H31N5O4. The summed E-state index contributed by atoms with van der Waals surface area (Å²) in [5.41, 5.74) is 0.904. The Morgan fingerprint density at radius 1 is 1.21 bits per heavy atom. The Labute approximate surface area is 165 Å². The molecule has 2 aromatic heterocycles. The van der Waals surface area contributed by atoms with E-state index in [1.54, 1.807) is 4.57 Å². The first-order valence-corrected chi connectivity index (χ1v) is 9.91. The molecule has 0 saturated heterocycles. The molecule has 9 heteroatoms. The maximum Gasteiger partial charge on any atom is 0.225 e. The van der Waals surface area contributed by atoms with Crippen LogP contribution in [-0.2, 0) is 9.53 Å². The summed E-state index contributed by atoms with van der Waals surface area (Å²) in [6.45, 7) is 2.15. The van der Waals surface area contributed by atoms with Gasteiger partial charge in [0.1, 0.15) is 6.33 Å². The quantitative estimate of drug-likeness (QED) is 0.447. The number of carbonyl (C=O) groups excluding carboxylic acids is 1.